The Morgan fingerprint density at radius 3 is 2.55 bits per heavy atom. The average Bonchev–Trinajstić information content (AvgIpc) is 2.42. The highest BCUT2D eigenvalue weighted by Gasteiger charge is 2.22. The smallest absolute Gasteiger partial charge is 0.196 e. The second-order valence-corrected chi connectivity index (χ2v) is 5.60. The van der Waals surface area contributed by atoms with Crippen molar-refractivity contribution in [1.82, 2.24) is 5.32 Å². The van der Waals surface area contributed by atoms with Crippen molar-refractivity contribution in [1.29, 1.82) is 0 Å². The lowest BCUT2D eigenvalue weighted by Crippen LogP contribution is -2.43. The van der Waals surface area contributed by atoms with E-state index in [4.69, 9.17) is 12.2 Å². The number of halogens is 3. The largest absolute Gasteiger partial charge is 0.359 e. The second-order valence-electron chi connectivity index (χ2n) is 5.19. The zero-order chi connectivity index (χ0) is 14.7. The fourth-order valence-corrected chi connectivity index (χ4v) is 2.74. The van der Waals surface area contributed by atoms with E-state index in [0.717, 1.165) is 31.4 Å². The first-order chi connectivity index (χ1) is 9.49. The van der Waals surface area contributed by atoms with Gasteiger partial charge in [0.15, 0.2) is 22.6 Å². The fourth-order valence-electron chi connectivity index (χ4n) is 2.48. The van der Waals surface area contributed by atoms with Crippen molar-refractivity contribution in [3.05, 3.63) is 29.6 Å². The van der Waals surface area contributed by atoms with Gasteiger partial charge in [0.1, 0.15) is 0 Å². The Balaban J connectivity index is 1.99. The molecule has 1 aromatic rings. The van der Waals surface area contributed by atoms with Gasteiger partial charge in [-0.1, -0.05) is 19.8 Å². The Morgan fingerprint density at radius 2 is 1.85 bits per heavy atom. The van der Waals surface area contributed by atoms with E-state index in [1.165, 1.54) is 6.42 Å². The third kappa shape index (κ3) is 3.42. The molecule has 110 valence electrons. The Kier molecular flexibility index (Phi) is 4.86. The maximum atomic E-state index is 13.5. The fraction of sp³-hybridized carbons (Fsp3) is 0.500. The van der Waals surface area contributed by atoms with E-state index in [9.17, 15) is 13.2 Å². The van der Waals surface area contributed by atoms with E-state index in [-0.39, 0.29) is 16.8 Å². The molecule has 0 unspecified atom stereocenters. The van der Waals surface area contributed by atoms with Gasteiger partial charge in [-0.2, -0.15) is 0 Å². The summed E-state index contributed by atoms with van der Waals surface area (Å²) >= 11 is 5.10. The third-order valence-electron chi connectivity index (χ3n) is 3.71. The molecule has 1 aliphatic carbocycles. The van der Waals surface area contributed by atoms with E-state index in [0.29, 0.717) is 5.92 Å². The molecule has 1 saturated carbocycles. The maximum absolute atomic E-state index is 13.5. The molecule has 0 radical (unpaired) electrons. The highest BCUT2D eigenvalue weighted by molar-refractivity contribution is 7.80. The van der Waals surface area contributed by atoms with E-state index in [2.05, 4.69) is 17.6 Å². The zero-order valence-corrected chi connectivity index (χ0v) is 12.0. The lowest BCUT2D eigenvalue weighted by atomic mass is 9.86. The Hall–Kier alpha value is -1.30. The van der Waals surface area contributed by atoms with Gasteiger partial charge in [0, 0.05) is 6.04 Å². The normalized spacial score (nSPS) is 22.4. The summed E-state index contributed by atoms with van der Waals surface area (Å²) in [7, 11) is 0. The van der Waals surface area contributed by atoms with Crippen LogP contribution in [0.25, 0.3) is 0 Å². The van der Waals surface area contributed by atoms with Crippen LogP contribution in [0.1, 0.15) is 32.6 Å². The second kappa shape index (κ2) is 6.43. The molecule has 2 rings (SSSR count). The van der Waals surface area contributed by atoms with Crippen molar-refractivity contribution in [2.45, 2.75) is 38.6 Å². The van der Waals surface area contributed by atoms with Crippen LogP contribution in [0.4, 0.5) is 18.9 Å². The zero-order valence-electron chi connectivity index (χ0n) is 11.2. The van der Waals surface area contributed by atoms with Crippen LogP contribution >= 0.6 is 12.2 Å². The summed E-state index contributed by atoms with van der Waals surface area (Å²) in [5.41, 5.74) is -0.162. The Bertz CT molecular complexity index is 507. The molecule has 20 heavy (non-hydrogen) atoms. The summed E-state index contributed by atoms with van der Waals surface area (Å²) in [4.78, 5) is 0. The monoisotopic (exact) mass is 302 g/mol. The molecular weight excluding hydrogens is 285 g/mol. The van der Waals surface area contributed by atoms with Gasteiger partial charge in [0.2, 0.25) is 0 Å². The Morgan fingerprint density at radius 1 is 1.15 bits per heavy atom. The predicted octanol–water partition coefficient (Wildman–Crippen LogP) is 3.97. The Labute approximate surface area is 121 Å². The number of rotatable bonds is 2. The van der Waals surface area contributed by atoms with Crippen LogP contribution in [0.2, 0.25) is 0 Å². The van der Waals surface area contributed by atoms with Crippen molar-refractivity contribution in [3.63, 3.8) is 0 Å². The first-order valence-corrected chi connectivity index (χ1v) is 7.11. The molecule has 0 spiro atoms. The number of thiocarbonyl (C=S) groups is 1. The van der Waals surface area contributed by atoms with Gasteiger partial charge in [-0.15, -0.1) is 0 Å². The summed E-state index contributed by atoms with van der Waals surface area (Å²) in [5, 5.41) is 5.93. The maximum Gasteiger partial charge on any atom is 0.196 e. The minimum Gasteiger partial charge on any atom is -0.359 e. The molecule has 1 aliphatic rings. The molecule has 1 aromatic carbocycles. The number of hydrogen-bond acceptors (Lipinski definition) is 1. The van der Waals surface area contributed by atoms with Crippen molar-refractivity contribution < 1.29 is 13.2 Å². The molecule has 0 amide bonds. The molecule has 1 fully saturated rings. The number of hydrogen-bond donors (Lipinski definition) is 2. The van der Waals surface area contributed by atoms with E-state index < -0.39 is 17.5 Å². The van der Waals surface area contributed by atoms with Crippen LogP contribution in [0.5, 0.6) is 0 Å². The van der Waals surface area contributed by atoms with Gasteiger partial charge in [-0.25, -0.2) is 13.2 Å². The molecule has 0 saturated heterocycles. The topological polar surface area (TPSA) is 24.1 Å². The van der Waals surface area contributed by atoms with E-state index in [1.807, 2.05) is 0 Å². The van der Waals surface area contributed by atoms with Crippen molar-refractivity contribution >= 4 is 23.0 Å². The summed E-state index contributed by atoms with van der Waals surface area (Å²) in [6, 6.07) is 2.23. The van der Waals surface area contributed by atoms with Gasteiger partial charge >= 0.3 is 0 Å². The van der Waals surface area contributed by atoms with Crippen molar-refractivity contribution in [2.75, 3.05) is 5.32 Å². The lowest BCUT2D eigenvalue weighted by Gasteiger charge is -2.30. The molecule has 0 aliphatic heterocycles. The van der Waals surface area contributed by atoms with E-state index >= 15 is 0 Å². The molecule has 2 N–H and O–H groups in total. The first-order valence-electron chi connectivity index (χ1n) is 6.70. The highest BCUT2D eigenvalue weighted by Crippen LogP contribution is 2.24. The minimum atomic E-state index is -1.50. The summed E-state index contributed by atoms with van der Waals surface area (Å²) in [6.45, 7) is 2.14. The standard InChI is InChI=1S/C14H17F3N2S/c1-8-4-2-3-5-10(8)18-14(20)19-11-7-6-9(15)12(16)13(11)17/h6-8,10H,2-5H2,1H3,(H2,18,19,20)/t8-,10-/m0/s1. The van der Waals surface area contributed by atoms with Crippen LogP contribution in [0, 0.1) is 23.4 Å². The molecular formula is C14H17F3N2S. The van der Waals surface area contributed by atoms with Gasteiger partial charge in [0.05, 0.1) is 5.69 Å². The molecule has 6 heteroatoms. The minimum absolute atomic E-state index is 0.162. The highest BCUT2D eigenvalue weighted by atomic mass is 32.1. The molecule has 0 bridgehead atoms. The molecule has 0 aromatic heterocycles. The van der Waals surface area contributed by atoms with E-state index in [1.54, 1.807) is 0 Å². The van der Waals surface area contributed by atoms with Gasteiger partial charge in [0.25, 0.3) is 0 Å². The molecule has 2 atom stereocenters. The van der Waals surface area contributed by atoms with Crippen LogP contribution in [-0.2, 0) is 0 Å². The quantitative estimate of drug-likeness (QED) is 0.638. The molecule has 0 heterocycles. The number of anilines is 1. The van der Waals surface area contributed by atoms with Crippen LogP contribution < -0.4 is 10.6 Å². The predicted molar refractivity (Wildman–Crippen MR) is 77.1 cm³/mol. The van der Waals surface area contributed by atoms with Crippen molar-refractivity contribution in [3.8, 4) is 0 Å². The SMILES string of the molecule is C[C@H]1CCCC[C@@H]1NC(=S)Nc1ccc(F)c(F)c1F. The lowest BCUT2D eigenvalue weighted by molar-refractivity contribution is 0.309. The summed E-state index contributed by atoms with van der Waals surface area (Å²) < 4.78 is 39.5. The first kappa shape index (κ1) is 15.1. The van der Waals surface area contributed by atoms with Crippen LogP contribution in [0.15, 0.2) is 12.1 Å². The van der Waals surface area contributed by atoms with Gasteiger partial charge in [-0.3, -0.25) is 0 Å². The molecule has 2 nitrogen and oxygen atoms in total. The number of benzene rings is 1. The van der Waals surface area contributed by atoms with Crippen LogP contribution in [0.3, 0.4) is 0 Å². The number of nitrogens with one attached hydrogen (secondary N) is 2. The average molecular weight is 302 g/mol. The van der Waals surface area contributed by atoms with Crippen molar-refractivity contribution in [2.24, 2.45) is 5.92 Å². The third-order valence-corrected chi connectivity index (χ3v) is 3.93. The van der Waals surface area contributed by atoms with Gasteiger partial charge in [-0.05, 0) is 43.1 Å². The van der Waals surface area contributed by atoms with Crippen LogP contribution in [-0.4, -0.2) is 11.2 Å². The summed E-state index contributed by atoms with van der Waals surface area (Å²) in [6.07, 6.45) is 4.46. The summed E-state index contributed by atoms with van der Waals surface area (Å²) in [5.74, 6) is -3.49. The van der Waals surface area contributed by atoms with Gasteiger partial charge < -0.3 is 10.6 Å².